The van der Waals surface area contributed by atoms with E-state index in [2.05, 4.69) is 22.1 Å². The molecule has 1 fully saturated rings. The van der Waals surface area contributed by atoms with Gasteiger partial charge < -0.3 is 9.80 Å². The molecule has 0 aliphatic carbocycles. The first-order valence-electron chi connectivity index (χ1n) is 9.59. The van der Waals surface area contributed by atoms with Crippen LogP contribution in [0.4, 0.5) is 15.9 Å². The monoisotopic (exact) mass is 386 g/mol. The van der Waals surface area contributed by atoms with Gasteiger partial charge in [-0.2, -0.15) is 10.4 Å². The molecule has 1 saturated heterocycles. The SMILES string of the molecule is Cc1cc2nc(N3CCN(c4ccc(C#N)cc4F)CC3)c3ccccc3n2n1. The normalized spacial score (nSPS) is 14.5. The zero-order valence-corrected chi connectivity index (χ0v) is 16.0. The van der Waals surface area contributed by atoms with Crippen LogP contribution in [0.3, 0.4) is 0 Å². The zero-order valence-electron chi connectivity index (χ0n) is 16.0. The van der Waals surface area contributed by atoms with Crippen LogP contribution in [-0.2, 0) is 0 Å². The van der Waals surface area contributed by atoms with E-state index in [0.29, 0.717) is 24.3 Å². The average Bonchev–Trinajstić information content (AvgIpc) is 3.14. The number of aryl methyl sites for hydroxylation is 1. The molecule has 7 heteroatoms. The van der Waals surface area contributed by atoms with Gasteiger partial charge in [0.25, 0.3) is 0 Å². The lowest BCUT2D eigenvalue weighted by atomic mass is 10.1. The van der Waals surface area contributed by atoms with Gasteiger partial charge in [-0.1, -0.05) is 12.1 Å². The smallest absolute Gasteiger partial charge is 0.158 e. The molecule has 0 radical (unpaired) electrons. The standard InChI is InChI=1S/C22H19FN6/c1-15-12-21-25-22(17-4-2-3-5-19(17)29(21)26-15)28-10-8-27(9-11-28)20-7-6-16(14-24)13-18(20)23/h2-7,12-13H,8-11H2,1H3. The highest BCUT2D eigenvalue weighted by molar-refractivity contribution is 5.91. The lowest BCUT2D eigenvalue weighted by Crippen LogP contribution is -2.47. The molecular weight excluding hydrogens is 367 g/mol. The maximum absolute atomic E-state index is 14.4. The number of piperazine rings is 1. The van der Waals surface area contributed by atoms with Crippen LogP contribution in [0.15, 0.2) is 48.5 Å². The van der Waals surface area contributed by atoms with E-state index in [1.807, 2.05) is 40.6 Å². The van der Waals surface area contributed by atoms with Crippen LogP contribution >= 0.6 is 0 Å². The molecule has 0 amide bonds. The predicted octanol–water partition coefficient (Wildman–Crippen LogP) is 3.53. The fourth-order valence-corrected chi connectivity index (χ4v) is 3.99. The van der Waals surface area contributed by atoms with E-state index < -0.39 is 0 Å². The van der Waals surface area contributed by atoms with Crippen molar-refractivity contribution < 1.29 is 4.39 Å². The number of nitriles is 1. The molecule has 2 aromatic heterocycles. The fourth-order valence-electron chi connectivity index (χ4n) is 3.99. The van der Waals surface area contributed by atoms with Gasteiger partial charge in [-0.05, 0) is 37.3 Å². The maximum Gasteiger partial charge on any atom is 0.158 e. The third-order valence-electron chi connectivity index (χ3n) is 5.40. The molecule has 6 nitrogen and oxygen atoms in total. The average molecular weight is 386 g/mol. The van der Waals surface area contributed by atoms with Crippen LogP contribution in [-0.4, -0.2) is 40.8 Å². The van der Waals surface area contributed by atoms with Gasteiger partial charge in [0.15, 0.2) is 5.65 Å². The molecule has 0 atom stereocenters. The summed E-state index contributed by atoms with van der Waals surface area (Å²) in [5.41, 5.74) is 3.67. The maximum atomic E-state index is 14.4. The number of benzene rings is 2. The molecule has 5 rings (SSSR count). The van der Waals surface area contributed by atoms with E-state index in [1.54, 1.807) is 12.1 Å². The Labute approximate surface area is 167 Å². The molecule has 2 aromatic carbocycles. The first-order chi connectivity index (χ1) is 14.1. The fraction of sp³-hybridized carbons (Fsp3) is 0.227. The first-order valence-corrected chi connectivity index (χ1v) is 9.59. The number of aromatic nitrogens is 3. The van der Waals surface area contributed by atoms with Crippen LogP contribution in [0.5, 0.6) is 0 Å². The highest BCUT2D eigenvalue weighted by atomic mass is 19.1. The number of hydrogen-bond donors (Lipinski definition) is 0. The van der Waals surface area contributed by atoms with Gasteiger partial charge in [0, 0.05) is 37.6 Å². The van der Waals surface area contributed by atoms with E-state index in [4.69, 9.17) is 10.2 Å². The van der Waals surface area contributed by atoms with Crippen molar-refractivity contribution in [3.63, 3.8) is 0 Å². The Hall–Kier alpha value is -3.66. The summed E-state index contributed by atoms with van der Waals surface area (Å²) in [6.07, 6.45) is 0. The Bertz CT molecular complexity index is 1260. The van der Waals surface area contributed by atoms with E-state index in [-0.39, 0.29) is 5.82 Å². The first kappa shape index (κ1) is 17.4. The van der Waals surface area contributed by atoms with E-state index in [1.165, 1.54) is 6.07 Å². The molecule has 0 spiro atoms. The van der Waals surface area contributed by atoms with Gasteiger partial charge in [-0.25, -0.2) is 13.9 Å². The summed E-state index contributed by atoms with van der Waals surface area (Å²) in [5.74, 6) is 0.588. The molecule has 4 aromatic rings. The van der Waals surface area contributed by atoms with E-state index in [9.17, 15) is 4.39 Å². The Balaban J connectivity index is 1.46. The van der Waals surface area contributed by atoms with Crippen molar-refractivity contribution in [2.24, 2.45) is 0 Å². The number of nitrogens with zero attached hydrogens (tertiary/aromatic N) is 6. The molecule has 0 saturated carbocycles. The molecule has 144 valence electrons. The van der Waals surface area contributed by atoms with Crippen LogP contribution in [0.2, 0.25) is 0 Å². The minimum absolute atomic E-state index is 0.338. The van der Waals surface area contributed by atoms with Crippen molar-refractivity contribution in [1.29, 1.82) is 5.26 Å². The van der Waals surface area contributed by atoms with Gasteiger partial charge in [0.1, 0.15) is 11.6 Å². The van der Waals surface area contributed by atoms with E-state index in [0.717, 1.165) is 41.2 Å². The van der Waals surface area contributed by atoms with Gasteiger partial charge in [0.2, 0.25) is 0 Å². The highest BCUT2D eigenvalue weighted by Gasteiger charge is 2.23. The molecule has 0 unspecified atom stereocenters. The van der Waals surface area contributed by atoms with Gasteiger partial charge in [0.05, 0.1) is 28.5 Å². The molecule has 29 heavy (non-hydrogen) atoms. The molecular formula is C22H19FN6. The number of anilines is 2. The Morgan fingerprint density at radius 3 is 2.52 bits per heavy atom. The molecule has 3 heterocycles. The van der Waals surface area contributed by atoms with Crippen LogP contribution < -0.4 is 9.80 Å². The van der Waals surface area contributed by atoms with Crippen LogP contribution in [0.25, 0.3) is 16.6 Å². The molecule has 0 N–H and O–H groups in total. The predicted molar refractivity (Wildman–Crippen MR) is 111 cm³/mol. The van der Waals surface area contributed by atoms with Gasteiger partial charge in [-0.3, -0.25) is 0 Å². The summed E-state index contributed by atoms with van der Waals surface area (Å²) >= 11 is 0. The van der Waals surface area contributed by atoms with Crippen molar-refractivity contribution in [2.75, 3.05) is 36.0 Å². The van der Waals surface area contributed by atoms with Crippen LogP contribution in [0.1, 0.15) is 11.3 Å². The van der Waals surface area contributed by atoms with Crippen molar-refractivity contribution in [1.82, 2.24) is 14.6 Å². The zero-order chi connectivity index (χ0) is 20.0. The number of rotatable bonds is 2. The minimum Gasteiger partial charge on any atom is -0.366 e. The van der Waals surface area contributed by atoms with Crippen molar-refractivity contribution >= 4 is 28.1 Å². The molecule has 1 aliphatic rings. The summed E-state index contributed by atoms with van der Waals surface area (Å²) in [5, 5.41) is 14.6. The second-order valence-corrected chi connectivity index (χ2v) is 7.26. The summed E-state index contributed by atoms with van der Waals surface area (Å²) in [4.78, 5) is 9.16. The third kappa shape index (κ3) is 2.93. The topological polar surface area (TPSA) is 60.5 Å². The Morgan fingerprint density at radius 1 is 1.00 bits per heavy atom. The second-order valence-electron chi connectivity index (χ2n) is 7.26. The van der Waals surface area contributed by atoms with Crippen molar-refractivity contribution in [3.8, 4) is 6.07 Å². The number of para-hydroxylation sites is 1. The van der Waals surface area contributed by atoms with Gasteiger partial charge in [-0.15, -0.1) is 0 Å². The van der Waals surface area contributed by atoms with E-state index >= 15 is 0 Å². The minimum atomic E-state index is -0.350. The largest absolute Gasteiger partial charge is 0.366 e. The number of fused-ring (bicyclic) bond motifs is 3. The Morgan fingerprint density at radius 2 is 1.76 bits per heavy atom. The second kappa shape index (κ2) is 6.74. The summed E-state index contributed by atoms with van der Waals surface area (Å²) in [6, 6.07) is 16.8. The third-order valence-corrected chi connectivity index (χ3v) is 5.40. The highest BCUT2D eigenvalue weighted by Crippen LogP contribution is 2.29. The van der Waals surface area contributed by atoms with Crippen molar-refractivity contribution in [3.05, 3.63) is 65.6 Å². The molecule has 1 aliphatic heterocycles. The summed E-state index contributed by atoms with van der Waals surface area (Å²) < 4.78 is 16.3. The lowest BCUT2D eigenvalue weighted by Gasteiger charge is -2.37. The van der Waals surface area contributed by atoms with Gasteiger partial charge >= 0.3 is 0 Å². The lowest BCUT2D eigenvalue weighted by molar-refractivity contribution is 0.596. The summed E-state index contributed by atoms with van der Waals surface area (Å²) in [7, 11) is 0. The summed E-state index contributed by atoms with van der Waals surface area (Å²) in [6.45, 7) is 4.80. The van der Waals surface area contributed by atoms with Crippen molar-refractivity contribution in [2.45, 2.75) is 6.92 Å². The van der Waals surface area contributed by atoms with Crippen LogP contribution in [0, 0.1) is 24.1 Å². The number of hydrogen-bond acceptors (Lipinski definition) is 5. The number of halogens is 1. The quantitative estimate of drug-likeness (QED) is 0.527. The molecule has 0 bridgehead atoms. The Kier molecular flexibility index (Phi) is 4.06.